The maximum Gasteiger partial charge on any atom is 0.146 e. The molecule has 0 fully saturated rings. The van der Waals surface area contributed by atoms with Crippen LogP contribution in [0.4, 0.5) is 5.82 Å². The highest BCUT2D eigenvalue weighted by Crippen LogP contribution is 2.15. The van der Waals surface area contributed by atoms with Gasteiger partial charge in [-0.2, -0.15) is 5.10 Å². The number of hydrogen-bond donors (Lipinski definition) is 1. The molecule has 1 heterocycles. The summed E-state index contributed by atoms with van der Waals surface area (Å²) in [5.74, 6) is 0.912. The summed E-state index contributed by atoms with van der Waals surface area (Å²) in [5, 5.41) is 7.79. The smallest absolute Gasteiger partial charge is 0.146 e. The van der Waals surface area contributed by atoms with Gasteiger partial charge >= 0.3 is 0 Å². The van der Waals surface area contributed by atoms with E-state index in [1.165, 1.54) is 0 Å². The van der Waals surface area contributed by atoms with Crippen molar-refractivity contribution in [2.45, 2.75) is 26.7 Å². The van der Waals surface area contributed by atoms with Crippen molar-refractivity contribution in [3.8, 4) is 0 Å². The van der Waals surface area contributed by atoms with E-state index in [1.807, 2.05) is 13.0 Å². The summed E-state index contributed by atoms with van der Waals surface area (Å²) in [4.78, 5) is 0. The number of rotatable bonds is 1. The summed E-state index contributed by atoms with van der Waals surface area (Å²) in [6.07, 6.45) is 0. The molecule has 0 radical (unpaired) electrons. The summed E-state index contributed by atoms with van der Waals surface area (Å²) in [5.41, 5.74) is 7.60. The zero-order chi connectivity index (χ0) is 8.43. The van der Waals surface area contributed by atoms with Crippen molar-refractivity contribution in [2.24, 2.45) is 0 Å². The Morgan fingerprint density at radius 2 is 2.00 bits per heavy atom. The zero-order valence-electron chi connectivity index (χ0n) is 7.13. The first-order valence-electron chi connectivity index (χ1n) is 3.71. The third-order valence-electron chi connectivity index (χ3n) is 1.59. The van der Waals surface area contributed by atoms with Crippen molar-refractivity contribution in [3.63, 3.8) is 0 Å². The summed E-state index contributed by atoms with van der Waals surface area (Å²) < 4.78 is 0. The van der Waals surface area contributed by atoms with Gasteiger partial charge in [-0.15, -0.1) is 5.10 Å². The first-order valence-corrected chi connectivity index (χ1v) is 3.71. The van der Waals surface area contributed by atoms with Gasteiger partial charge in [-0.05, 0) is 24.5 Å². The Balaban J connectivity index is 3.09. The molecule has 0 aliphatic rings. The fourth-order valence-corrected chi connectivity index (χ4v) is 1.09. The lowest BCUT2D eigenvalue weighted by Crippen LogP contribution is -2.01. The van der Waals surface area contributed by atoms with E-state index in [9.17, 15) is 0 Å². The number of aryl methyl sites for hydroxylation is 1. The van der Waals surface area contributed by atoms with Gasteiger partial charge in [-0.1, -0.05) is 13.8 Å². The third-order valence-corrected chi connectivity index (χ3v) is 1.59. The highest BCUT2D eigenvalue weighted by Gasteiger charge is 2.04. The molecule has 1 rings (SSSR count). The van der Waals surface area contributed by atoms with Gasteiger partial charge in [0, 0.05) is 0 Å². The summed E-state index contributed by atoms with van der Waals surface area (Å²) in [6.45, 7) is 6.18. The molecule has 0 bridgehead atoms. The molecule has 0 amide bonds. The molecule has 0 saturated heterocycles. The van der Waals surface area contributed by atoms with E-state index in [-0.39, 0.29) is 0 Å². The maximum atomic E-state index is 5.45. The number of nitrogen functional groups attached to an aromatic ring is 1. The average molecular weight is 151 g/mol. The zero-order valence-corrected chi connectivity index (χ0v) is 7.13. The number of aromatic nitrogens is 2. The van der Waals surface area contributed by atoms with Gasteiger partial charge in [0.2, 0.25) is 0 Å². The number of hydrogen-bond acceptors (Lipinski definition) is 3. The Labute approximate surface area is 66.6 Å². The minimum absolute atomic E-state index is 0.420. The largest absolute Gasteiger partial charge is 0.382 e. The molecule has 0 saturated carbocycles. The van der Waals surface area contributed by atoms with Gasteiger partial charge in [0.05, 0.1) is 5.69 Å². The molecule has 0 spiro atoms. The Morgan fingerprint density at radius 3 is 2.45 bits per heavy atom. The molecule has 0 atom stereocenters. The van der Waals surface area contributed by atoms with E-state index in [0.717, 1.165) is 11.3 Å². The SMILES string of the molecule is Cc1cc(N)nnc1C(C)C. The fourth-order valence-electron chi connectivity index (χ4n) is 1.09. The first kappa shape index (κ1) is 7.98. The Hall–Kier alpha value is -1.12. The predicted molar refractivity (Wildman–Crippen MR) is 45.3 cm³/mol. The molecule has 0 unspecified atom stereocenters. The van der Waals surface area contributed by atoms with Gasteiger partial charge in [-0.3, -0.25) is 0 Å². The molecular weight excluding hydrogens is 138 g/mol. The minimum Gasteiger partial charge on any atom is -0.382 e. The van der Waals surface area contributed by atoms with E-state index in [4.69, 9.17) is 5.73 Å². The molecule has 2 N–H and O–H groups in total. The van der Waals surface area contributed by atoms with Gasteiger partial charge < -0.3 is 5.73 Å². The summed E-state index contributed by atoms with van der Waals surface area (Å²) >= 11 is 0. The van der Waals surface area contributed by atoms with Gasteiger partial charge in [0.15, 0.2) is 0 Å². The van der Waals surface area contributed by atoms with Crippen LogP contribution in [0.1, 0.15) is 31.0 Å². The molecule has 60 valence electrons. The van der Waals surface area contributed by atoms with Crippen LogP contribution in [0, 0.1) is 6.92 Å². The fraction of sp³-hybridized carbons (Fsp3) is 0.500. The predicted octanol–water partition coefficient (Wildman–Crippen LogP) is 1.49. The van der Waals surface area contributed by atoms with Crippen LogP contribution in [-0.2, 0) is 0 Å². The highest BCUT2D eigenvalue weighted by atomic mass is 15.1. The van der Waals surface area contributed by atoms with Crippen molar-refractivity contribution in [3.05, 3.63) is 17.3 Å². The molecule has 0 aliphatic heterocycles. The van der Waals surface area contributed by atoms with Crippen LogP contribution in [0.5, 0.6) is 0 Å². The van der Waals surface area contributed by atoms with Crippen LogP contribution in [0.25, 0.3) is 0 Å². The van der Waals surface area contributed by atoms with Crippen LogP contribution in [0.2, 0.25) is 0 Å². The molecule has 1 aromatic heterocycles. The van der Waals surface area contributed by atoms with Crippen LogP contribution >= 0.6 is 0 Å². The lowest BCUT2D eigenvalue weighted by molar-refractivity contribution is 0.777. The molecule has 11 heavy (non-hydrogen) atoms. The van der Waals surface area contributed by atoms with E-state index in [2.05, 4.69) is 24.0 Å². The molecule has 3 heteroatoms. The maximum absolute atomic E-state index is 5.45. The second kappa shape index (κ2) is 2.86. The summed E-state index contributed by atoms with van der Waals surface area (Å²) in [6, 6.07) is 1.85. The van der Waals surface area contributed by atoms with E-state index in [1.54, 1.807) is 0 Å². The van der Waals surface area contributed by atoms with Crippen molar-refractivity contribution in [1.29, 1.82) is 0 Å². The number of nitrogens with two attached hydrogens (primary N) is 1. The van der Waals surface area contributed by atoms with Crippen molar-refractivity contribution >= 4 is 5.82 Å². The standard InChI is InChI=1S/C8H13N3/c1-5(2)8-6(3)4-7(9)10-11-8/h4-5H,1-3H3,(H2,9,10). The summed E-state index contributed by atoms with van der Waals surface area (Å²) in [7, 11) is 0. The second-order valence-electron chi connectivity index (χ2n) is 2.99. The lowest BCUT2D eigenvalue weighted by Gasteiger charge is -2.06. The highest BCUT2D eigenvalue weighted by molar-refractivity contribution is 5.33. The Morgan fingerprint density at radius 1 is 1.36 bits per heavy atom. The van der Waals surface area contributed by atoms with E-state index in [0.29, 0.717) is 11.7 Å². The van der Waals surface area contributed by atoms with Crippen LogP contribution in [-0.4, -0.2) is 10.2 Å². The Kier molecular flexibility index (Phi) is 2.08. The molecular formula is C8H13N3. The number of nitrogens with zero attached hydrogens (tertiary/aromatic N) is 2. The molecule has 1 aromatic rings. The van der Waals surface area contributed by atoms with E-state index < -0.39 is 0 Å². The lowest BCUT2D eigenvalue weighted by atomic mass is 10.1. The minimum atomic E-state index is 0.420. The molecule has 0 aromatic carbocycles. The quantitative estimate of drug-likeness (QED) is 0.661. The van der Waals surface area contributed by atoms with E-state index >= 15 is 0 Å². The van der Waals surface area contributed by atoms with Gasteiger partial charge in [0.25, 0.3) is 0 Å². The van der Waals surface area contributed by atoms with Crippen molar-refractivity contribution in [2.75, 3.05) is 5.73 Å². The normalized spacial score (nSPS) is 10.5. The first-order chi connectivity index (χ1) is 5.11. The Bertz CT molecular complexity index is 256. The van der Waals surface area contributed by atoms with Gasteiger partial charge in [0.1, 0.15) is 5.82 Å². The van der Waals surface area contributed by atoms with Crippen LogP contribution in [0.3, 0.4) is 0 Å². The van der Waals surface area contributed by atoms with Crippen LogP contribution in [0.15, 0.2) is 6.07 Å². The average Bonchev–Trinajstić information content (AvgIpc) is 1.85. The topological polar surface area (TPSA) is 51.8 Å². The second-order valence-corrected chi connectivity index (χ2v) is 2.99. The monoisotopic (exact) mass is 151 g/mol. The van der Waals surface area contributed by atoms with Crippen molar-refractivity contribution < 1.29 is 0 Å². The van der Waals surface area contributed by atoms with Crippen LogP contribution < -0.4 is 5.73 Å². The van der Waals surface area contributed by atoms with Crippen molar-refractivity contribution in [1.82, 2.24) is 10.2 Å². The van der Waals surface area contributed by atoms with Gasteiger partial charge in [-0.25, -0.2) is 0 Å². The number of anilines is 1. The third kappa shape index (κ3) is 1.67. The molecule has 0 aliphatic carbocycles. The molecule has 3 nitrogen and oxygen atoms in total.